The Labute approximate surface area is 90.3 Å². The van der Waals surface area contributed by atoms with Crippen LogP contribution < -0.4 is 0 Å². The monoisotopic (exact) mass is 217 g/mol. The van der Waals surface area contributed by atoms with E-state index in [-0.39, 0.29) is 18.6 Å². The molecule has 0 aliphatic heterocycles. The van der Waals surface area contributed by atoms with Crippen LogP contribution in [0.15, 0.2) is 12.7 Å². The van der Waals surface area contributed by atoms with Gasteiger partial charge in [-0.25, -0.2) is 4.79 Å². The highest BCUT2D eigenvalue weighted by Gasteiger charge is 2.06. The largest absolute Gasteiger partial charge is 0.481 e. The van der Waals surface area contributed by atoms with E-state index in [4.69, 9.17) is 9.84 Å². The second kappa shape index (κ2) is 9.21. The lowest BCUT2D eigenvalue weighted by molar-refractivity contribution is -0.149. The molecule has 0 amide bonds. The number of nitrogens with zero attached hydrogens (tertiary/aromatic N) is 1. The molecule has 0 aliphatic carbocycles. The van der Waals surface area contributed by atoms with Gasteiger partial charge in [0.15, 0.2) is 6.23 Å². The second-order valence-electron chi connectivity index (χ2n) is 2.95. The second-order valence-corrected chi connectivity index (χ2v) is 2.95. The number of rotatable bonds is 4. The quantitative estimate of drug-likeness (QED) is 0.434. The van der Waals surface area contributed by atoms with Gasteiger partial charge >= 0.3 is 11.9 Å². The molecule has 0 aromatic rings. The van der Waals surface area contributed by atoms with Crippen molar-refractivity contribution >= 4 is 11.9 Å². The standard InChI is InChI=1S/C7H13NO2.C3H6O2/c1-5-7(9)10-6(2)8(3)4;1-2-3(4)5/h5-6H,1H2,2-4H3;2H2,1H3,(H,4,5). The molecular weight excluding hydrogens is 198 g/mol. The fourth-order valence-electron chi connectivity index (χ4n) is 0.322. The van der Waals surface area contributed by atoms with Gasteiger partial charge in [0.1, 0.15) is 0 Å². The molecule has 1 N–H and O–H groups in total. The zero-order chi connectivity index (χ0) is 12.4. The Bertz CT molecular complexity index is 213. The van der Waals surface area contributed by atoms with Gasteiger partial charge in [-0.3, -0.25) is 9.69 Å². The summed E-state index contributed by atoms with van der Waals surface area (Å²) in [4.78, 5) is 21.7. The summed E-state index contributed by atoms with van der Waals surface area (Å²) in [6.07, 6.45) is 1.19. The number of carboxylic acids is 1. The SMILES string of the molecule is C=CC(=O)OC(C)N(C)C.CCC(=O)O. The van der Waals surface area contributed by atoms with Crippen LogP contribution in [0.1, 0.15) is 20.3 Å². The van der Waals surface area contributed by atoms with Crippen molar-refractivity contribution in [2.45, 2.75) is 26.5 Å². The molecule has 0 spiro atoms. The van der Waals surface area contributed by atoms with E-state index in [2.05, 4.69) is 6.58 Å². The van der Waals surface area contributed by atoms with Crippen molar-refractivity contribution in [1.82, 2.24) is 4.90 Å². The van der Waals surface area contributed by atoms with Crippen LogP contribution in [0.2, 0.25) is 0 Å². The average Bonchev–Trinajstić information content (AvgIpc) is 2.18. The summed E-state index contributed by atoms with van der Waals surface area (Å²) >= 11 is 0. The molecule has 0 saturated carbocycles. The van der Waals surface area contributed by atoms with Crippen molar-refractivity contribution < 1.29 is 19.4 Å². The predicted molar refractivity (Wildman–Crippen MR) is 57.4 cm³/mol. The molecule has 0 heterocycles. The van der Waals surface area contributed by atoms with Crippen LogP contribution in [0.3, 0.4) is 0 Å². The summed E-state index contributed by atoms with van der Waals surface area (Å²) in [5.74, 6) is -1.13. The van der Waals surface area contributed by atoms with E-state index in [0.29, 0.717) is 0 Å². The fraction of sp³-hybridized carbons (Fsp3) is 0.600. The minimum absolute atomic E-state index is 0.189. The molecule has 0 rings (SSSR count). The molecule has 0 aromatic heterocycles. The van der Waals surface area contributed by atoms with Crippen molar-refractivity contribution in [1.29, 1.82) is 0 Å². The third-order valence-electron chi connectivity index (χ3n) is 1.48. The van der Waals surface area contributed by atoms with Crippen LogP contribution in [0.4, 0.5) is 0 Å². The molecule has 5 nitrogen and oxygen atoms in total. The van der Waals surface area contributed by atoms with E-state index >= 15 is 0 Å². The number of ether oxygens (including phenoxy) is 1. The predicted octanol–water partition coefficient (Wildman–Crippen LogP) is 1.10. The zero-order valence-corrected chi connectivity index (χ0v) is 9.69. The first kappa shape index (κ1) is 16.1. The zero-order valence-electron chi connectivity index (χ0n) is 9.69. The molecule has 1 unspecified atom stereocenters. The van der Waals surface area contributed by atoms with Crippen molar-refractivity contribution in [3.8, 4) is 0 Å². The number of carboxylic acid groups (broad SMARTS) is 1. The van der Waals surface area contributed by atoms with Crippen LogP contribution in [0.5, 0.6) is 0 Å². The Balaban J connectivity index is 0. The van der Waals surface area contributed by atoms with Crippen LogP contribution in [-0.2, 0) is 14.3 Å². The number of aliphatic carboxylic acids is 1. The molecule has 15 heavy (non-hydrogen) atoms. The maximum atomic E-state index is 10.6. The summed E-state index contributed by atoms with van der Waals surface area (Å²) < 4.78 is 4.83. The van der Waals surface area contributed by atoms with Gasteiger partial charge in [0.05, 0.1) is 0 Å². The van der Waals surface area contributed by atoms with E-state index in [9.17, 15) is 9.59 Å². The molecule has 0 bridgehead atoms. The maximum absolute atomic E-state index is 10.6. The first-order chi connectivity index (χ1) is 6.84. The number of carbonyl (C=O) groups excluding carboxylic acids is 1. The lowest BCUT2D eigenvalue weighted by Gasteiger charge is -2.18. The summed E-state index contributed by atoms with van der Waals surface area (Å²) in [5.41, 5.74) is 0. The first-order valence-corrected chi connectivity index (χ1v) is 4.56. The van der Waals surface area contributed by atoms with Gasteiger partial charge in [-0.2, -0.15) is 0 Å². The lowest BCUT2D eigenvalue weighted by Crippen LogP contribution is -2.29. The number of hydrogen-bond acceptors (Lipinski definition) is 4. The fourth-order valence-corrected chi connectivity index (χ4v) is 0.322. The molecule has 1 atom stereocenters. The van der Waals surface area contributed by atoms with Gasteiger partial charge in [-0.15, -0.1) is 0 Å². The highest BCUT2D eigenvalue weighted by atomic mass is 16.6. The van der Waals surface area contributed by atoms with E-state index in [0.717, 1.165) is 6.08 Å². The maximum Gasteiger partial charge on any atom is 0.331 e. The Hall–Kier alpha value is -1.36. The topological polar surface area (TPSA) is 66.8 Å². The number of carbonyl (C=O) groups is 2. The normalized spacial score (nSPS) is 11.0. The van der Waals surface area contributed by atoms with Crippen LogP contribution in [-0.4, -0.2) is 42.3 Å². The highest BCUT2D eigenvalue weighted by molar-refractivity contribution is 5.81. The van der Waals surface area contributed by atoms with E-state index < -0.39 is 5.97 Å². The third kappa shape index (κ3) is 12.6. The van der Waals surface area contributed by atoms with E-state index in [1.165, 1.54) is 0 Å². The molecule has 0 fully saturated rings. The molecule has 0 radical (unpaired) electrons. The van der Waals surface area contributed by atoms with E-state index in [1.54, 1.807) is 18.7 Å². The van der Waals surface area contributed by atoms with Crippen LogP contribution >= 0.6 is 0 Å². The molecule has 88 valence electrons. The number of esters is 1. The Morgan fingerprint density at radius 2 is 1.93 bits per heavy atom. The minimum Gasteiger partial charge on any atom is -0.481 e. The summed E-state index contributed by atoms with van der Waals surface area (Å²) in [6, 6.07) is 0. The molecule has 0 saturated heterocycles. The Kier molecular flexibility index (Phi) is 9.87. The van der Waals surface area contributed by atoms with Crippen molar-refractivity contribution in [2.75, 3.05) is 14.1 Å². The molecule has 0 aliphatic rings. The van der Waals surface area contributed by atoms with Gasteiger partial charge in [-0.05, 0) is 21.0 Å². The van der Waals surface area contributed by atoms with Gasteiger partial charge in [-0.1, -0.05) is 13.5 Å². The van der Waals surface area contributed by atoms with Gasteiger partial charge in [0.2, 0.25) is 0 Å². The molecule has 5 heteroatoms. The van der Waals surface area contributed by atoms with Crippen molar-refractivity contribution in [3.63, 3.8) is 0 Å². The minimum atomic E-state index is -0.745. The summed E-state index contributed by atoms with van der Waals surface area (Å²) in [7, 11) is 3.67. The van der Waals surface area contributed by atoms with Gasteiger partial charge < -0.3 is 9.84 Å². The van der Waals surface area contributed by atoms with Crippen molar-refractivity contribution in [2.24, 2.45) is 0 Å². The highest BCUT2D eigenvalue weighted by Crippen LogP contribution is 1.94. The first-order valence-electron chi connectivity index (χ1n) is 4.56. The van der Waals surface area contributed by atoms with Gasteiger partial charge in [0.25, 0.3) is 0 Å². The number of hydrogen-bond donors (Lipinski definition) is 1. The Morgan fingerprint density at radius 3 is 2.13 bits per heavy atom. The van der Waals surface area contributed by atoms with Crippen LogP contribution in [0, 0.1) is 0 Å². The summed E-state index contributed by atoms with van der Waals surface area (Å²) in [6.45, 7) is 6.67. The van der Waals surface area contributed by atoms with E-state index in [1.807, 2.05) is 14.1 Å². The third-order valence-corrected chi connectivity index (χ3v) is 1.48. The van der Waals surface area contributed by atoms with Crippen LogP contribution in [0.25, 0.3) is 0 Å². The lowest BCUT2D eigenvalue weighted by atomic mass is 10.5. The molecule has 0 aromatic carbocycles. The Morgan fingerprint density at radius 1 is 1.53 bits per heavy atom. The smallest absolute Gasteiger partial charge is 0.331 e. The molecular formula is C10H19NO4. The van der Waals surface area contributed by atoms with Gasteiger partial charge in [0, 0.05) is 12.5 Å². The summed E-state index contributed by atoms with van der Waals surface area (Å²) in [5, 5.41) is 7.72. The average molecular weight is 217 g/mol. The van der Waals surface area contributed by atoms with Crippen molar-refractivity contribution in [3.05, 3.63) is 12.7 Å².